The Kier molecular flexibility index (Phi) is 10.1. The van der Waals surface area contributed by atoms with Crippen LogP contribution in [0.2, 0.25) is 0 Å². The van der Waals surface area contributed by atoms with Crippen molar-refractivity contribution in [2.75, 3.05) is 32.1 Å². The van der Waals surface area contributed by atoms with Crippen molar-refractivity contribution < 1.29 is 27.5 Å². The number of ether oxygens (including phenoxy) is 1. The summed E-state index contributed by atoms with van der Waals surface area (Å²) in [5.41, 5.74) is -0.386. The lowest BCUT2D eigenvalue weighted by Crippen LogP contribution is -2.44. The molecule has 2 aromatic carbocycles. The lowest BCUT2D eigenvalue weighted by Gasteiger charge is -2.28. The minimum atomic E-state index is -4.63. The van der Waals surface area contributed by atoms with E-state index in [1.54, 1.807) is 16.2 Å². The molecule has 37 heavy (non-hydrogen) atoms. The van der Waals surface area contributed by atoms with E-state index in [2.05, 4.69) is 5.32 Å². The zero-order valence-electron chi connectivity index (χ0n) is 20.8. The highest BCUT2D eigenvalue weighted by atomic mass is 32.1. The number of urea groups is 1. The summed E-state index contributed by atoms with van der Waals surface area (Å²) >= 11 is 1.58. The molecule has 0 radical (unpaired) electrons. The third kappa shape index (κ3) is 8.61. The molecule has 0 unspecified atom stereocenters. The van der Waals surface area contributed by atoms with Gasteiger partial charge in [-0.1, -0.05) is 42.5 Å². The molecule has 1 aromatic heterocycles. The first-order chi connectivity index (χ1) is 17.7. The van der Waals surface area contributed by atoms with Gasteiger partial charge in [-0.2, -0.15) is 13.2 Å². The minimum Gasteiger partial charge on any atom is -0.385 e. The standard InChI is InChI=1S/C27H30F3N3O3S/c1-20-13-14-22(37-20)18-33(17-21-9-4-3-5-10-21)25(34)19-32(15-8-16-36-2)26(35)31-24-12-7-6-11-23(24)27(28,29)30/h3-7,9-14H,8,15-19H2,1-2H3,(H,31,35). The van der Waals surface area contributed by atoms with Gasteiger partial charge in [0, 0.05) is 36.6 Å². The number of rotatable bonds is 11. The number of halogens is 3. The second-order valence-electron chi connectivity index (χ2n) is 8.49. The predicted octanol–water partition coefficient (Wildman–Crippen LogP) is 6.17. The Labute approximate surface area is 218 Å². The normalized spacial score (nSPS) is 11.3. The first-order valence-corrected chi connectivity index (χ1v) is 12.6. The summed E-state index contributed by atoms with van der Waals surface area (Å²) in [5.74, 6) is -0.313. The smallest absolute Gasteiger partial charge is 0.385 e. The van der Waals surface area contributed by atoms with Crippen molar-refractivity contribution in [2.45, 2.75) is 32.6 Å². The van der Waals surface area contributed by atoms with Gasteiger partial charge in [0.25, 0.3) is 0 Å². The SMILES string of the molecule is COCCCN(CC(=O)N(Cc1ccccc1)Cc1ccc(C)s1)C(=O)Nc1ccccc1C(F)(F)F. The topological polar surface area (TPSA) is 61.9 Å². The molecule has 0 saturated carbocycles. The van der Waals surface area contributed by atoms with Crippen molar-refractivity contribution in [1.29, 1.82) is 0 Å². The molecule has 198 valence electrons. The number of carbonyl (C=O) groups excluding carboxylic acids is 2. The second kappa shape index (κ2) is 13.3. The number of carbonyl (C=O) groups is 2. The lowest BCUT2D eigenvalue weighted by atomic mass is 10.1. The number of aryl methyl sites for hydroxylation is 1. The Morgan fingerprint density at radius 1 is 0.946 bits per heavy atom. The zero-order chi connectivity index (χ0) is 26.8. The van der Waals surface area contributed by atoms with Crippen molar-refractivity contribution in [3.8, 4) is 0 Å². The van der Waals surface area contributed by atoms with Crippen LogP contribution < -0.4 is 5.32 Å². The number of methoxy groups -OCH3 is 1. The summed E-state index contributed by atoms with van der Waals surface area (Å²) < 4.78 is 45.4. The van der Waals surface area contributed by atoms with E-state index in [0.717, 1.165) is 21.4 Å². The molecule has 0 saturated heterocycles. The predicted molar refractivity (Wildman–Crippen MR) is 138 cm³/mol. The lowest BCUT2D eigenvalue weighted by molar-refractivity contribution is -0.137. The molecule has 3 amide bonds. The summed E-state index contributed by atoms with van der Waals surface area (Å²) in [6.07, 6.45) is -4.22. The molecule has 0 aliphatic rings. The van der Waals surface area contributed by atoms with Crippen LogP contribution in [-0.4, -0.2) is 48.5 Å². The third-order valence-corrected chi connectivity index (χ3v) is 6.56. The Morgan fingerprint density at radius 3 is 2.30 bits per heavy atom. The van der Waals surface area contributed by atoms with Gasteiger partial charge in [0.15, 0.2) is 0 Å². The van der Waals surface area contributed by atoms with Gasteiger partial charge in [-0.15, -0.1) is 11.3 Å². The number of hydrogen-bond donors (Lipinski definition) is 1. The van der Waals surface area contributed by atoms with Gasteiger partial charge >= 0.3 is 12.2 Å². The molecule has 3 aromatic rings. The summed E-state index contributed by atoms with van der Waals surface area (Å²) in [6, 6.07) is 17.4. The van der Waals surface area contributed by atoms with E-state index in [4.69, 9.17) is 4.74 Å². The monoisotopic (exact) mass is 533 g/mol. The Hall–Kier alpha value is -3.37. The maximum absolute atomic E-state index is 13.5. The number of thiophene rings is 1. The molecule has 10 heteroatoms. The van der Waals surface area contributed by atoms with Crippen molar-refractivity contribution in [1.82, 2.24) is 9.80 Å². The molecule has 1 heterocycles. The Morgan fingerprint density at radius 2 is 1.65 bits per heavy atom. The number of para-hydroxylation sites is 1. The average Bonchev–Trinajstić information content (AvgIpc) is 3.27. The van der Waals surface area contributed by atoms with Crippen LogP contribution in [0.3, 0.4) is 0 Å². The van der Waals surface area contributed by atoms with Gasteiger partial charge in [0.1, 0.15) is 6.54 Å². The summed E-state index contributed by atoms with van der Waals surface area (Å²) in [7, 11) is 1.51. The summed E-state index contributed by atoms with van der Waals surface area (Å²) in [6.45, 7) is 2.85. The van der Waals surface area contributed by atoms with Crippen molar-refractivity contribution in [3.63, 3.8) is 0 Å². The Balaban J connectivity index is 1.80. The maximum Gasteiger partial charge on any atom is 0.418 e. The quantitative estimate of drug-likeness (QED) is 0.300. The van der Waals surface area contributed by atoms with Crippen molar-refractivity contribution in [3.05, 3.63) is 87.6 Å². The highest BCUT2D eigenvalue weighted by molar-refractivity contribution is 7.11. The molecule has 0 aliphatic heterocycles. The van der Waals surface area contributed by atoms with Crippen molar-refractivity contribution >= 4 is 29.0 Å². The first kappa shape index (κ1) is 28.2. The van der Waals surface area contributed by atoms with Gasteiger partial charge < -0.3 is 19.9 Å². The number of benzene rings is 2. The fourth-order valence-electron chi connectivity index (χ4n) is 3.74. The van der Waals surface area contributed by atoms with E-state index in [1.165, 1.54) is 30.2 Å². The zero-order valence-corrected chi connectivity index (χ0v) is 21.6. The van der Waals surface area contributed by atoms with Gasteiger partial charge in [-0.3, -0.25) is 4.79 Å². The molecule has 6 nitrogen and oxygen atoms in total. The van der Waals surface area contributed by atoms with Crippen LogP contribution in [0.5, 0.6) is 0 Å². The molecular formula is C27H30F3N3O3S. The third-order valence-electron chi connectivity index (χ3n) is 5.58. The molecular weight excluding hydrogens is 503 g/mol. The Bertz CT molecular complexity index is 1170. The fraction of sp³-hybridized carbons (Fsp3) is 0.333. The van der Waals surface area contributed by atoms with Crippen LogP contribution in [-0.2, 0) is 28.8 Å². The average molecular weight is 534 g/mol. The van der Waals surface area contributed by atoms with Gasteiger partial charge in [0.05, 0.1) is 17.8 Å². The molecule has 0 bridgehead atoms. The van der Waals surface area contributed by atoms with E-state index in [0.29, 0.717) is 26.1 Å². The van der Waals surface area contributed by atoms with E-state index in [1.807, 2.05) is 49.4 Å². The molecule has 0 atom stereocenters. The second-order valence-corrected chi connectivity index (χ2v) is 9.86. The number of anilines is 1. The molecule has 0 aliphatic carbocycles. The van der Waals surface area contributed by atoms with Crippen LogP contribution in [0.25, 0.3) is 0 Å². The van der Waals surface area contributed by atoms with E-state index in [9.17, 15) is 22.8 Å². The largest absolute Gasteiger partial charge is 0.418 e. The fourth-order valence-corrected chi connectivity index (χ4v) is 4.65. The number of alkyl halides is 3. The molecule has 0 fully saturated rings. The minimum absolute atomic E-state index is 0.136. The first-order valence-electron chi connectivity index (χ1n) is 11.8. The number of nitrogens with one attached hydrogen (secondary N) is 1. The van der Waals surface area contributed by atoms with Crippen LogP contribution in [0, 0.1) is 6.92 Å². The van der Waals surface area contributed by atoms with Crippen LogP contribution in [0.1, 0.15) is 27.3 Å². The van der Waals surface area contributed by atoms with E-state index in [-0.39, 0.29) is 24.7 Å². The van der Waals surface area contributed by atoms with E-state index >= 15 is 0 Å². The van der Waals surface area contributed by atoms with Crippen LogP contribution in [0.4, 0.5) is 23.7 Å². The number of nitrogens with zero attached hydrogens (tertiary/aromatic N) is 2. The van der Waals surface area contributed by atoms with Crippen molar-refractivity contribution in [2.24, 2.45) is 0 Å². The van der Waals surface area contributed by atoms with Crippen LogP contribution >= 0.6 is 11.3 Å². The summed E-state index contributed by atoms with van der Waals surface area (Å²) in [4.78, 5) is 31.6. The number of hydrogen-bond acceptors (Lipinski definition) is 4. The van der Waals surface area contributed by atoms with Gasteiger partial charge in [0.2, 0.25) is 5.91 Å². The molecule has 1 N–H and O–H groups in total. The number of amides is 3. The van der Waals surface area contributed by atoms with Gasteiger partial charge in [-0.25, -0.2) is 4.79 Å². The molecule has 0 spiro atoms. The highest BCUT2D eigenvalue weighted by Crippen LogP contribution is 2.34. The maximum atomic E-state index is 13.5. The van der Waals surface area contributed by atoms with Gasteiger partial charge in [-0.05, 0) is 43.2 Å². The molecule has 3 rings (SSSR count). The summed E-state index contributed by atoms with van der Waals surface area (Å²) in [5, 5.41) is 2.35. The van der Waals surface area contributed by atoms with E-state index < -0.39 is 17.8 Å². The van der Waals surface area contributed by atoms with Crippen LogP contribution in [0.15, 0.2) is 66.7 Å². The highest BCUT2D eigenvalue weighted by Gasteiger charge is 2.34.